The van der Waals surface area contributed by atoms with Crippen LogP contribution in [0.1, 0.15) is 23.2 Å². The fraction of sp³-hybridized carbons (Fsp3) is 0.389. The summed E-state index contributed by atoms with van der Waals surface area (Å²) in [5.74, 6) is -0.615. The Balaban J connectivity index is 1.47. The van der Waals surface area contributed by atoms with E-state index in [9.17, 15) is 14.0 Å². The van der Waals surface area contributed by atoms with Crippen molar-refractivity contribution in [3.05, 3.63) is 41.0 Å². The normalized spacial score (nSPS) is 23.3. The van der Waals surface area contributed by atoms with Gasteiger partial charge in [0.2, 0.25) is 5.91 Å². The highest BCUT2D eigenvalue weighted by Gasteiger charge is 2.49. The van der Waals surface area contributed by atoms with Gasteiger partial charge in [-0.2, -0.15) is 0 Å². The highest BCUT2D eigenvalue weighted by atomic mass is 19.1. The molecule has 8 heteroatoms. The summed E-state index contributed by atoms with van der Waals surface area (Å²) < 4.78 is 24.9. The summed E-state index contributed by atoms with van der Waals surface area (Å²) in [5.41, 5.74) is 3.25. The van der Waals surface area contributed by atoms with Crippen molar-refractivity contribution >= 4 is 23.4 Å². The summed E-state index contributed by atoms with van der Waals surface area (Å²) in [5, 5.41) is 3.88. The van der Waals surface area contributed by atoms with Crippen LogP contribution in [0.3, 0.4) is 0 Å². The van der Waals surface area contributed by atoms with Crippen molar-refractivity contribution in [2.75, 3.05) is 16.8 Å². The van der Waals surface area contributed by atoms with Gasteiger partial charge in [-0.1, -0.05) is 5.16 Å². The van der Waals surface area contributed by atoms with Crippen LogP contribution in [0.15, 0.2) is 22.9 Å². The minimum absolute atomic E-state index is 0.135. The first kappa shape index (κ1) is 15.4. The van der Waals surface area contributed by atoms with Crippen LogP contribution in [0.25, 0.3) is 0 Å². The molecule has 0 unspecified atom stereocenters. The Hall–Kier alpha value is -2.90. The first-order chi connectivity index (χ1) is 12.5. The molecule has 0 aliphatic carbocycles. The van der Waals surface area contributed by atoms with Gasteiger partial charge in [0.25, 0.3) is 0 Å². The van der Waals surface area contributed by atoms with Crippen molar-refractivity contribution in [2.24, 2.45) is 0 Å². The van der Waals surface area contributed by atoms with Gasteiger partial charge in [-0.3, -0.25) is 9.69 Å². The summed E-state index contributed by atoms with van der Waals surface area (Å²) in [6, 6.07) is 2.95. The molecule has 7 nitrogen and oxygen atoms in total. The molecule has 1 aromatic carbocycles. The fourth-order valence-electron chi connectivity index (χ4n) is 4.29. The number of ether oxygens (including phenoxy) is 1. The number of cyclic esters (lactones) is 1. The summed E-state index contributed by atoms with van der Waals surface area (Å²) in [6.45, 7) is 0. The van der Waals surface area contributed by atoms with Gasteiger partial charge in [0, 0.05) is 19.2 Å². The van der Waals surface area contributed by atoms with Gasteiger partial charge in [0.1, 0.15) is 18.2 Å². The highest BCUT2D eigenvalue weighted by Crippen LogP contribution is 2.46. The Morgan fingerprint density at radius 3 is 2.96 bits per heavy atom. The molecule has 5 rings (SSSR count). The second-order valence-corrected chi connectivity index (χ2v) is 6.91. The maximum Gasteiger partial charge on any atom is 0.415 e. The van der Waals surface area contributed by atoms with Crippen molar-refractivity contribution in [2.45, 2.75) is 37.8 Å². The molecule has 2 aromatic rings. The Morgan fingerprint density at radius 1 is 1.35 bits per heavy atom. The molecule has 2 atom stereocenters. The van der Waals surface area contributed by atoms with E-state index in [-0.39, 0.29) is 24.5 Å². The van der Waals surface area contributed by atoms with Crippen LogP contribution in [-0.2, 0) is 28.8 Å². The number of benzene rings is 1. The van der Waals surface area contributed by atoms with E-state index < -0.39 is 11.9 Å². The third kappa shape index (κ3) is 2.01. The molecule has 0 saturated carbocycles. The number of hydrogen-bond acceptors (Lipinski definition) is 5. The first-order valence-electron chi connectivity index (χ1n) is 8.54. The smallest absolute Gasteiger partial charge is 0.415 e. The second kappa shape index (κ2) is 5.30. The van der Waals surface area contributed by atoms with Gasteiger partial charge in [-0.25, -0.2) is 9.18 Å². The number of hydrogen-bond donors (Lipinski definition) is 0. The van der Waals surface area contributed by atoms with Gasteiger partial charge in [0.05, 0.1) is 29.5 Å². The lowest BCUT2D eigenvalue weighted by molar-refractivity contribution is -0.117. The number of fused-ring (bicyclic) bond motifs is 5. The third-order valence-corrected chi connectivity index (χ3v) is 5.55. The van der Waals surface area contributed by atoms with Crippen LogP contribution in [0, 0.1) is 5.82 Å². The van der Waals surface area contributed by atoms with Crippen molar-refractivity contribution in [3.63, 3.8) is 0 Å². The quantitative estimate of drug-likeness (QED) is 0.842. The van der Waals surface area contributed by atoms with Crippen LogP contribution < -0.4 is 9.80 Å². The zero-order chi connectivity index (χ0) is 18.0. The molecular formula is C18H16FN3O4. The van der Waals surface area contributed by atoms with Crippen molar-refractivity contribution < 1.29 is 23.2 Å². The van der Waals surface area contributed by atoms with E-state index in [0.717, 1.165) is 11.3 Å². The maximum absolute atomic E-state index is 14.6. The standard InChI is InChI=1S/C18H16FN3O4/c1-21-16(23)7-11-10-6-14-15(3-2-9-4-5-25-20-9)26-18(24)22(14)13(10)8-12(19)17(11)21/h4-5,8,14-15H,2-3,6-7H2,1H3/t14-,15-/m0/s1. The van der Waals surface area contributed by atoms with Gasteiger partial charge in [-0.15, -0.1) is 0 Å². The number of amides is 2. The zero-order valence-electron chi connectivity index (χ0n) is 14.1. The molecule has 0 bridgehead atoms. The average Bonchev–Trinajstić information content (AvgIpc) is 3.34. The number of aromatic nitrogens is 1. The van der Waals surface area contributed by atoms with Crippen molar-refractivity contribution in [3.8, 4) is 0 Å². The predicted molar refractivity (Wildman–Crippen MR) is 88.6 cm³/mol. The predicted octanol–water partition coefficient (Wildman–Crippen LogP) is 2.22. The minimum Gasteiger partial charge on any atom is -0.444 e. The van der Waals surface area contributed by atoms with Crippen LogP contribution in [-0.4, -0.2) is 36.4 Å². The Labute approximate surface area is 148 Å². The summed E-state index contributed by atoms with van der Waals surface area (Å²) >= 11 is 0. The molecule has 3 aliphatic rings. The van der Waals surface area contributed by atoms with Gasteiger partial charge >= 0.3 is 6.09 Å². The molecule has 26 heavy (non-hydrogen) atoms. The Kier molecular flexibility index (Phi) is 3.13. The molecule has 2 amide bonds. The summed E-state index contributed by atoms with van der Waals surface area (Å²) in [4.78, 5) is 27.3. The average molecular weight is 357 g/mol. The van der Waals surface area contributed by atoms with E-state index in [2.05, 4.69) is 5.16 Å². The maximum atomic E-state index is 14.6. The molecule has 1 fully saturated rings. The number of rotatable bonds is 3. The molecule has 134 valence electrons. The van der Waals surface area contributed by atoms with Crippen LogP contribution in [0.4, 0.5) is 20.6 Å². The van der Waals surface area contributed by atoms with Gasteiger partial charge in [-0.05, 0) is 30.4 Å². The van der Waals surface area contributed by atoms with Crippen molar-refractivity contribution in [1.82, 2.24) is 5.16 Å². The van der Waals surface area contributed by atoms with Gasteiger partial charge < -0.3 is 14.2 Å². The Bertz CT molecular complexity index is 927. The fourth-order valence-corrected chi connectivity index (χ4v) is 4.29. The van der Waals surface area contributed by atoms with Crippen molar-refractivity contribution in [1.29, 1.82) is 0 Å². The molecule has 4 heterocycles. The third-order valence-electron chi connectivity index (χ3n) is 5.55. The van der Waals surface area contributed by atoms with Gasteiger partial charge in [0.15, 0.2) is 0 Å². The molecule has 0 spiro atoms. The zero-order valence-corrected chi connectivity index (χ0v) is 14.1. The number of carbonyl (C=O) groups excluding carboxylic acids is 2. The SMILES string of the molecule is CN1C(=O)Cc2c3c(cc(F)c21)N1C(=O)O[C@@H](CCc2ccon2)[C@@H]1C3. The summed E-state index contributed by atoms with van der Waals surface area (Å²) in [6.07, 6.45) is 2.71. The minimum atomic E-state index is -0.480. The lowest BCUT2D eigenvalue weighted by atomic mass is 9.97. The lowest BCUT2D eigenvalue weighted by Crippen LogP contribution is -2.33. The number of anilines is 2. The summed E-state index contributed by atoms with van der Waals surface area (Å²) in [7, 11) is 1.58. The van der Waals surface area contributed by atoms with E-state index in [1.54, 1.807) is 13.1 Å². The number of likely N-dealkylation sites (N-methyl/N-ethyl adjacent to an activating group) is 1. The van der Waals surface area contributed by atoms with E-state index in [1.807, 2.05) is 0 Å². The molecule has 0 radical (unpaired) electrons. The molecule has 1 aromatic heterocycles. The number of nitrogens with zero attached hydrogens (tertiary/aromatic N) is 3. The number of halogens is 1. The monoisotopic (exact) mass is 357 g/mol. The highest BCUT2D eigenvalue weighted by molar-refractivity contribution is 6.04. The van der Waals surface area contributed by atoms with Crippen LogP contribution in [0.2, 0.25) is 0 Å². The van der Waals surface area contributed by atoms with E-state index in [0.29, 0.717) is 36.2 Å². The van der Waals surface area contributed by atoms with E-state index >= 15 is 0 Å². The number of aryl methyl sites for hydroxylation is 1. The molecule has 0 N–H and O–H groups in total. The van der Waals surface area contributed by atoms with E-state index in [1.165, 1.54) is 22.1 Å². The number of carbonyl (C=O) groups is 2. The topological polar surface area (TPSA) is 75.9 Å². The molecule has 1 saturated heterocycles. The van der Waals surface area contributed by atoms with Crippen LogP contribution in [0.5, 0.6) is 0 Å². The van der Waals surface area contributed by atoms with Crippen LogP contribution >= 0.6 is 0 Å². The van der Waals surface area contributed by atoms with E-state index in [4.69, 9.17) is 9.26 Å². The second-order valence-electron chi connectivity index (χ2n) is 6.91. The molecule has 3 aliphatic heterocycles. The lowest BCUT2D eigenvalue weighted by Gasteiger charge is -2.16. The first-order valence-corrected chi connectivity index (χ1v) is 8.54. The Morgan fingerprint density at radius 2 is 2.19 bits per heavy atom. The molecular weight excluding hydrogens is 341 g/mol. The largest absolute Gasteiger partial charge is 0.444 e.